The van der Waals surface area contributed by atoms with Crippen molar-refractivity contribution >= 4 is 24.2 Å². The van der Waals surface area contributed by atoms with E-state index in [1.54, 1.807) is 0 Å². The van der Waals surface area contributed by atoms with Gasteiger partial charge in [-0.3, -0.25) is 0 Å². The number of benzene rings is 1. The lowest BCUT2D eigenvalue weighted by Gasteiger charge is -2.28. The summed E-state index contributed by atoms with van der Waals surface area (Å²) in [6, 6.07) is 4.31. The third-order valence-corrected chi connectivity index (χ3v) is 5.41. The summed E-state index contributed by atoms with van der Waals surface area (Å²) in [4.78, 5) is 1.23. The van der Waals surface area contributed by atoms with Gasteiger partial charge in [-0.05, 0) is 29.4 Å². The molecular weight excluding hydrogens is 338 g/mol. The van der Waals surface area contributed by atoms with Crippen LogP contribution < -0.4 is 5.73 Å². The Morgan fingerprint density at radius 3 is 1.83 bits per heavy atom. The lowest BCUT2D eigenvalue weighted by atomic mass is 9.79. The van der Waals surface area contributed by atoms with Crippen molar-refractivity contribution in [2.24, 2.45) is 5.73 Å². The molecular formula is C20H36ClNOS. The van der Waals surface area contributed by atoms with E-state index in [0.29, 0.717) is 17.5 Å². The van der Waals surface area contributed by atoms with Crippen LogP contribution in [0, 0.1) is 0 Å². The molecule has 2 nitrogen and oxygen atoms in total. The fraction of sp³-hybridized carbons (Fsp3) is 0.700. The minimum absolute atomic E-state index is 0. The molecule has 0 aliphatic heterocycles. The van der Waals surface area contributed by atoms with Crippen molar-refractivity contribution in [3.63, 3.8) is 0 Å². The minimum atomic E-state index is -0.0811. The van der Waals surface area contributed by atoms with Gasteiger partial charge in [-0.15, -0.1) is 24.2 Å². The van der Waals surface area contributed by atoms with Crippen LogP contribution in [0.5, 0.6) is 5.75 Å². The predicted octanol–water partition coefficient (Wildman–Crippen LogP) is 6.02. The highest BCUT2D eigenvalue weighted by Crippen LogP contribution is 2.42. The van der Waals surface area contributed by atoms with E-state index in [2.05, 4.69) is 60.6 Å². The summed E-state index contributed by atoms with van der Waals surface area (Å²) in [5, 5.41) is 11.2. The highest BCUT2D eigenvalue weighted by atomic mass is 35.5. The van der Waals surface area contributed by atoms with Crippen LogP contribution in [0.2, 0.25) is 0 Å². The van der Waals surface area contributed by atoms with Crippen molar-refractivity contribution in [3.05, 3.63) is 23.3 Å². The topological polar surface area (TPSA) is 46.2 Å². The van der Waals surface area contributed by atoms with Gasteiger partial charge in [0, 0.05) is 27.8 Å². The summed E-state index contributed by atoms with van der Waals surface area (Å²) >= 11 is 1.86. The molecule has 0 bridgehead atoms. The van der Waals surface area contributed by atoms with Gasteiger partial charge in [0.2, 0.25) is 0 Å². The number of phenolic OH excluding ortho intramolecular Hbond substituents is 1. The van der Waals surface area contributed by atoms with Crippen molar-refractivity contribution in [1.82, 2.24) is 0 Å². The Hall–Kier alpha value is -0.380. The number of phenols is 1. The summed E-state index contributed by atoms with van der Waals surface area (Å²) in [6.07, 6.45) is 3.56. The molecule has 0 spiro atoms. The van der Waals surface area contributed by atoms with Crippen LogP contribution in [0.3, 0.4) is 0 Å². The molecule has 24 heavy (non-hydrogen) atoms. The second kappa shape index (κ2) is 9.35. The number of halogens is 1. The van der Waals surface area contributed by atoms with Crippen molar-refractivity contribution in [1.29, 1.82) is 0 Å². The van der Waals surface area contributed by atoms with E-state index in [4.69, 9.17) is 5.73 Å². The van der Waals surface area contributed by atoms with Crippen LogP contribution >= 0.6 is 24.2 Å². The first-order valence-corrected chi connectivity index (χ1v) is 9.63. The first kappa shape index (κ1) is 23.6. The number of aromatic hydroxyl groups is 1. The first-order valence-electron chi connectivity index (χ1n) is 8.75. The molecule has 0 radical (unpaired) electrons. The molecule has 0 amide bonds. The quantitative estimate of drug-likeness (QED) is 0.599. The van der Waals surface area contributed by atoms with Crippen LogP contribution in [0.1, 0.15) is 78.9 Å². The number of nitrogens with two attached hydrogens (primary N) is 1. The van der Waals surface area contributed by atoms with Gasteiger partial charge < -0.3 is 10.8 Å². The number of hydrogen-bond acceptors (Lipinski definition) is 3. The molecule has 1 aromatic carbocycles. The van der Waals surface area contributed by atoms with Crippen LogP contribution in [-0.4, -0.2) is 16.9 Å². The summed E-state index contributed by atoms with van der Waals surface area (Å²) in [5.74, 6) is 0.451. The minimum Gasteiger partial charge on any atom is -0.507 e. The molecule has 0 aliphatic rings. The third-order valence-electron chi connectivity index (χ3n) is 4.14. The van der Waals surface area contributed by atoms with E-state index in [-0.39, 0.29) is 23.2 Å². The molecule has 0 fully saturated rings. The Labute approximate surface area is 159 Å². The average Bonchev–Trinajstić information content (AvgIpc) is 2.42. The number of unbranched alkanes of at least 4 members (excludes halogenated alkanes) is 1. The SMILES string of the molecule is CCCCC(CN)Sc1cc(C(C)(C)C)c(O)c(C(C)(C)C)c1.Cl. The van der Waals surface area contributed by atoms with E-state index in [1.165, 1.54) is 17.7 Å². The van der Waals surface area contributed by atoms with Crippen LogP contribution in [0.25, 0.3) is 0 Å². The standard InChI is InChI=1S/C20H35NOS.ClH/c1-8-9-10-14(13-21)23-15-11-16(19(2,3)4)18(22)17(12-15)20(5,6)7;/h11-12,14,22H,8-10,13,21H2,1-7H3;1H. The molecule has 4 heteroatoms. The maximum absolute atomic E-state index is 10.8. The summed E-state index contributed by atoms with van der Waals surface area (Å²) in [7, 11) is 0. The molecule has 1 aromatic rings. The second-order valence-corrected chi connectivity index (χ2v) is 9.86. The Morgan fingerprint density at radius 2 is 1.50 bits per heavy atom. The van der Waals surface area contributed by atoms with E-state index >= 15 is 0 Å². The Bertz CT molecular complexity index is 482. The highest BCUT2D eigenvalue weighted by Gasteiger charge is 2.27. The molecule has 0 aliphatic carbocycles. The molecule has 3 N–H and O–H groups in total. The molecule has 0 aromatic heterocycles. The van der Waals surface area contributed by atoms with E-state index < -0.39 is 0 Å². The molecule has 0 saturated carbocycles. The van der Waals surface area contributed by atoms with Crippen molar-refractivity contribution in [3.8, 4) is 5.75 Å². The summed E-state index contributed by atoms with van der Waals surface area (Å²) < 4.78 is 0. The van der Waals surface area contributed by atoms with Crippen molar-refractivity contribution < 1.29 is 5.11 Å². The molecule has 1 rings (SSSR count). The van der Waals surface area contributed by atoms with Crippen LogP contribution in [0.15, 0.2) is 17.0 Å². The summed E-state index contributed by atoms with van der Waals surface area (Å²) in [6.45, 7) is 15.8. The zero-order valence-electron chi connectivity index (χ0n) is 16.4. The van der Waals surface area contributed by atoms with Gasteiger partial charge in [-0.2, -0.15) is 0 Å². The molecule has 0 heterocycles. The van der Waals surface area contributed by atoms with Gasteiger partial charge in [0.25, 0.3) is 0 Å². The van der Waals surface area contributed by atoms with Gasteiger partial charge in [0.05, 0.1) is 0 Å². The number of hydrogen-bond donors (Lipinski definition) is 2. The monoisotopic (exact) mass is 373 g/mol. The fourth-order valence-corrected chi connectivity index (χ4v) is 3.81. The summed E-state index contributed by atoms with van der Waals surface area (Å²) in [5.41, 5.74) is 7.86. The first-order chi connectivity index (χ1) is 10.5. The van der Waals surface area contributed by atoms with E-state index in [9.17, 15) is 5.11 Å². The van der Waals surface area contributed by atoms with Gasteiger partial charge in [0.1, 0.15) is 5.75 Å². The van der Waals surface area contributed by atoms with Gasteiger partial charge in [-0.1, -0.05) is 61.3 Å². The Balaban J connectivity index is 0.00000529. The smallest absolute Gasteiger partial charge is 0.123 e. The fourth-order valence-electron chi connectivity index (χ4n) is 2.67. The van der Waals surface area contributed by atoms with E-state index in [0.717, 1.165) is 17.5 Å². The molecule has 0 saturated heterocycles. The molecule has 140 valence electrons. The average molecular weight is 374 g/mol. The lowest BCUT2D eigenvalue weighted by Crippen LogP contribution is -2.19. The Morgan fingerprint density at radius 1 is 1.04 bits per heavy atom. The largest absolute Gasteiger partial charge is 0.507 e. The predicted molar refractivity (Wildman–Crippen MR) is 111 cm³/mol. The van der Waals surface area contributed by atoms with Crippen LogP contribution in [-0.2, 0) is 10.8 Å². The van der Waals surface area contributed by atoms with Gasteiger partial charge in [0.15, 0.2) is 0 Å². The van der Waals surface area contributed by atoms with Crippen molar-refractivity contribution in [2.75, 3.05) is 6.54 Å². The second-order valence-electron chi connectivity index (χ2n) is 8.48. The normalized spacial score (nSPS) is 13.5. The zero-order valence-corrected chi connectivity index (χ0v) is 18.0. The lowest BCUT2D eigenvalue weighted by molar-refractivity contribution is 0.422. The maximum Gasteiger partial charge on any atom is 0.123 e. The molecule has 1 unspecified atom stereocenters. The number of thioether (sulfide) groups is 1. The van der Waals surface area contributed by atoms with Crippen LogP contribution in [0.4, 0.5) is 0 Å². The Kier molecular flexibility index (Phi) is 9.21. The third kappa shape index (κ3) is 6.50. The van der Waals surface area contributed by atoms with Crippen molar-refractivity contribution in [2.45, 2.75) is 88.7 Å². The zero-order chi connectivity index (χ0) is 17.8. The van der Waals surface area contributed by atoms with E-state index in [1.807, 2.05) is 11.8 Å². The highest BCUT2D eigenvalue weighted by molar-refractivity contribution is 8.00. The maximum atomic E-state index is 10.8. The van der Waals surface area contributed by atoms with Gasteiger partial charge >= 0.3 is 0 Å². The molecule has 1 atom stereocenters. The van der Waals surface area contributed by atoms with Gasteiger partial charge in [-0.25, -0.2) is 0 Å². The number of rotatable bonds is 6.